The minimum Gasteiger partial charge on any atom is -0.455 e. The highest BCUT2D eigenvalue weighted by Gasteiger charge is 2.08. The first kappa shape index (κ1) is 17.4. The number of benzene rings is 3. The summed E-state index contributed by atoms with van der Waals surface area (Å²) >= 11 is 0. The number of anilines is 4. The van der Waals surface area contributed by atoms with Crippen molar-refractivity contribution in [3.05, 3.63) is 90.9 Å². The molecule has 7 heteroatoms. The lowest BCUT2D eigenvalue weighted by Crippen LogP contribution is -2.03. The summed E-state index contributed by atoms with van der Waals surface area (Å²) < 4.78 is 19.7. The third kappa shape index (κ3) is 4.21. The average molecular weight is 373 g/mol. The van der Waals surface area contributed by atoms with Crippen molar-refractivity contribution in [2.24, 2.45) is 0 Å². The van der Waals surface area contributed by atoms with E-state index in [1.165, 1.54) is 12.3 Å². The van der Waals surface area contributed by atoms with Crippen LogP contribution in [-0.2, 0) is 0 Å². The van der Waals surface area contributed by atoms with Crippen LogP contribution < -0.4 is 15.4 Å². The normalized spacial score (nSPS) is 10.3. The molecule has 0 radical (unpaired) electrons. The summed E-state index contributed by atoms with van der Waals surface area (Å²) in [6, 6.07) is 23.2. The first-order valence-electron chi connectivity index (χ1n) is 8.58. The van der Waals surface area contributed by atoms with Crippen LogP contribution in [0.5, 0.6) is 11.5 Å². The highest BCUT2D eigenvalue weighted by Crippen LogP contribution is 2.31. The third-order valence-corrected chi connectivity index (χ3v) is 3.80. The zero-order chi connectivity index (χ0) is 19.2. The van der Waals surface area contributed by atoms with Gasteiger partial charge in [-0.25, -0.2) is 4.39 Å². The van der Waals surface area contributed by atoms with Gasteiger partial charge < -0.3 is 15.4 Å². The summed E-state index contributed by atoms with van der Waals surface area (Å²) in [6.07, 6.45) is 1.48. The van der Waals surface area contributed by atoms with E-state index in [4.69, 9.17) is 4.74 Å². The van der Waals surface area contributed by atoms with Crippen molar-refractivity contribution in [3.8, 4) is 11.5 Å². The van der Waals surface area contributed by atoms with Crippen molar-refractivity contribution in [1.82, 2.24) is 15.2 Å². The maximum absolute atomic E-state index is 13.8. The lowest BCUT2D eigenvalue weighted by Gasteiger charge is -2.13. The summed E-state index contributed by atoms with van der Waals surface area (Å²) in [4.78, 5) is 4.33. The van der Waals surface area contributed by atoms with Gasteiger partial charge in [-0.3, -0.25) is 0 Å². The van der Waals surface area contributed by atoms with Crippen LogP contribution in [0.2, 0.25) is 0 Å². The van der Waals surface area contributed by atoms with Crippen molar-refractivity contribution >= 4 is 23.1 Å². The molecule has 0 spiro atoms. The number of aromatic nitrogens is 3. The number of nitrogens with zero attached hydrogens (tertiary/aromatic N) is 3. The minimum absolute atomic E-state index is 0.177. The van der Waals surface area contributed by atoms with Crippen molar-refractivity contribution in [3.63, 3.8) is 0 Å². The smallest absolute Gasteiger partial charge is 0.249 e. The van der Waals surface area contributed by atoms with Gasteiger partial charge in [0.05, 0.1) is 17.6 Å². The van der Waals surface area contributed by atoms with Crippen LogP contribution in [0.3, 0.4) is 0 Å². The number of hydrogen-bond acceptors (Lipinski definition) is 6. The Morgan fingerprint density at radius 3 is 2.29 bits per heavy atom. The Morgan fingerprint density at radius 2 is 1.46 bits per heavy atom. The van der Waals surface area contributed by atoms with E-state index in [1.54, 1.807) is 18.2 Å². The van der Waals surface area contributed by atoms with Gasteiger partial charge in [-0.05, 0) is 36.4 Å². The van der Waals surface area contributed by atoms with Gasteiger partial charge in [0.25, 0.3) is 0 Å². The molecule has 28 heavy (non-hydrogen) atoms. The second kappa shape index (κ2) is 8.13. The van der Waals surface area contributed by atoms with Crippen LogP contribution in [-0.4, -0.2) is 15.2 Å². The fraction of sp³-hybridized carbons (Fsp3) is 0. The van der Waals surface area contributed by atoms with Crippen molar-refractivity contribution in [2.45, 2.75) is 0 Å². The van der Waals surface area contributed by atoms with Crippen LogP contribution in [0, 0.1) is 5.82 Å². The van der Waals surface area contributed by atoms with E-state index < -0.39 is 5.82 Å². The number of ether oxygens (including phenoxy) is 1. The molecule has 6 nitrogen and oxygen atoms in total. The van der Waals surface area contributed by atoms with E-state index >= 15 is 0 Å². The van der Waals surface area contributed by atoms with Gasteiger partial charge in [0.1, 0.15) is 11.6 Å². The summed E-state index contributed by atoms with van der Waals surface area (Å²) in [5, 5.41) is 13.8. The third-order valence-electron chi connectivity index (χ3n) is 3.80. The Bertz CT molecular complexity index is 1070. The first-order valence-corrected chi connectivity index (χ1v) is 8.58. The number of para-hydroxylation sites is 4. The molecule has 0 saturated carbocycles. The quantitative estimate of drug-likeness (QED) is 0.478. The predicted octanol–water partition coefficient (Wildman–Crippen LogP) is 5.29. The fourth-order valence-corrected chi connectivity index (χ4v) is 2.51. The topological polar surface area (TPSA) is 72.0 Å². The Balaban J connectivity index is 1.54. The largest absolute Gasteiger partial charge is 0.455 e. The van der Waals surface area contributed by atoms with E-state index in [0.717, 1.165) is 5.75 Å². The van der Waals surface area contributed by atoms with E-state index in [9.17, 15) is 4.39 Å². The summed E-state index contributed by atoms with van der Waals surface area (Å²) in [6.45, 7) is 0. The maximum Gasteiger partial charge on any atom is 0.249 e. The lowest BCUT2D eigenvalue weighted by atomic mass is 10.3. The molecule has 0 atom stereocenters. The van der Waals surface area contributed by atoms with Crippen LogP contribution in [0.4, 0.5) is 27.5 Å². The zero-order valence-corrected chi connectivity index (χ0v) is 14.7. The highest BCUT2D eigenvalue weighted by molar-refractivity contribution is 5.65. The predicted molar refractivity (Wildman–Crippen MR) is 106 cm³/mol. The summed E-state index contributed by atoms with van der Waals surface area (Å²) in [7, 11) is 0. The molecule has 0 unspecified atom stereocenters. The molecular weight excluding hydrogens is 357 g/mol. The Kier molecular flexibility index (Phi) is 5.06. The molecule has 2 N–H and O–H groups in total. The molecule has 4 rings (SSSR count). The van der Waals surface area contributed by atoms with Crippen LogP contribution >= 0.6 is 0 Å². The molecule has 0 aliphatic carbocycles. The molecular formula is C21H16FN5O. The molecule has 0 bridgehead atoms. The molecule has 138 valence electrons. The van der Waals surface area contributed by atoms with E-state index in [0.29, 0.717) is 17.3 Å². The van der Waals surface area contributed by atoms with Gasteiger partial charge in [-0.2, -0.15) is 10.1 Å². The van der Waals surface area contributed by atoms with Gasteiger partial charge >= 0.3 is 0 Å². The van der Waals surface area contributed by atoms with E-state index in [-0.39, 0.29) is 11.6 Å². The highest BCUT2D eigenvalue weighted by atomic mass is 19.1. The molecule has 0 aliphatic rings. The fourth-order valence-electron chi connectivity index (χ4n) is 2.51. The van der Waals surface area contributed by atoms with Crippen LogP contribution in [0.15, 0.2) is 85.1 Å². The van der Waals surface area contributed by atoms with Gasteiger partial charge in [0, 0.05) is 0 Å². The monoisotopic (exact) mass is 373 g/mol. The first-order chi connectivity index (χ1) is 13.8. The van der Waals surface area contributed by atoms with Gasteiger partial charge in [0.2, 0.25) is 5.95 Å². The second-order valence-electron chi connectivity index (χ2n) is 5.81. The van der Waals surface area contributed by atoms with Gasteiger partial charge in [0.15, 0.2) is 11.6 Å². The Labute approximate surface area is 161 Å². The molecule has 4 aromatic rings. The second-order valence-corrected chi connectivity index (χ2v) is 5.81. The van der Waals surface area contributed by atoms with E-state index in [1.807, 2.05) is 54.6 Å². The molecule has 1 heterocycles. The average Bonchev–Trinajstić information content (AvgIpc) is 2.72. The van der Waals surface area contributed by atoms with E-state index in [2.05, 4.69) is 25.8 Å². The van der Waals surface area contributed by atoms with Crippen molar-refractivity contribution in [2.75, 3.05) is 10.6 Å². The molecule has 0 amide bonds. The molecule has 0 aliphatic heterocycles. The zero-order valence-electron chi connectivity index (χ0n) is 14.7. The summed E-state index contributed by atoms with van der Waals surface area (Å²) in [5.74, 6) is 1.58. The summed E-state index contributed by atoms with van der Waals surface area (Å²) in [5.41, 5.74) is 0.984. The van der Waals surface area contributed by atoms with Crippen molar-refractivity contribution < 1.29 is 9.13 Å². The molecule has 0 saturated heterocycles. The number of hydrogen-bond donors (Lipinski definition) is 2. The van der Waals surface area contributed by atoms with Gasteiger partial charge in [-0.15, -0.1) is 5.10 Å². The maximum atomic E-state index is 13.8. The Hall–Kier alpha value is -4.00. The van der Waals surface area contributed by atoms with Gasteiger partial charge in [-0.1, -0.05) is 42.5 Å². The lowest BCUT2D eigenvalue weighted by molar-refractivity contribution is 0.485. The standard InChI is InChI=1S/C21H16FN5O/c22-16-10-4-5-11-17(16)25-21-26-20(14-23-27-21)24-18-12-6-7-13-19(18)28-15-8-2-1-3-9-15/h1-14H,(H2,24,25,26,27). The van der Waals surface area contributed by atoms with Crippen LogP contribution in [0.1, 0.15) is 0 Å². The number of halogens is 1. The Morgan fingerprint density at radius 1 is 0.750 bits per heavy atom. The van der Waals surface area contributed by atoms with Crippen molar-refractivity contribution in [1.29, 1.82) is 0 Å². The minimum atomic E-state index is -0.397. The number of rotatable bonds is 6. The number of nitrogens with one attached hydrogen (secondary N) is 2. The van der Waals surface area contributed by atoms with Crippen LogP contribution in [0.25, 0.3) is 0 Å². The SMILES string of the molecule is Fc1ccccc1Nc1nncc(Nc2ccccc2Oc2ccccc2)n1. The molecule has 0 fully saturated rings. The molecule has 3 aromatic carbocycles. The molecule has 1 aromatic heterocycles.